The smallest absolute Gasteiger partial charge is 0.260 e. The van der Waals surface area contributed by atoms with Crippen molar-refractivity contribution in [1.82, 2.24) is 9.80 Å². The van der Waals surface area contributed by atoms with Crippen LogP contribution in [0.1, 0.15) is 18.4 Å². The second-order valence-corrected chi connectivity index (χ2v) is 6.81. The SMILES string of the molecule is Cc1cc(OCC(=O)N2CCN(C(=O)[C@@H]3CCCO3)CC2)ccc1Cl. The van der Waals surface area contributed by atoms with Gasteiger partial charge >= 0.3 is 0 Å². The maximum Gasteiger partial charge on any atom is 0.260 e. The molecule has 2 saturated heterocycles. The zero-order valence-electron chi connectivity index (χ0n) is 14.4. The summed E-state index contributed by atoms with van der Waals surface area (Å²) in [6.07, 6.45) is 1.45. The number of benzene rings is 1. The molecule has 1 atom stereocenters. The van der Waals surface area contributed by atoms with Gasteiger partial charge in [0.2, 0.25) is 0 Å². The molecule has 2 aliphatic heterocycles. The van der Waals surface area contributed by atoms with Crippen molar-refractivity contribution >= 4 is 23.4 Å². The Hall–Kier alpha value is -1.79. The minimum atomic E-state index is -0.293. The lowest BCUT2D eigenvalue weighted by Gasteiger charge is -2.35. The quantitative estimate of drug-likeness (QED) is 0.816. The van der Waals surface area contributed by atoms with Gasteiger partial charge in [-0.2, -0.15) is 0 Å². The number of rotatable bonds is 4. The van der Waals surface area contributed by atoms with Crippen LogP contribution in [0.15, 0.2) is 18.2 Å². The van der Waals surface area contributed by atoms with E-state index in [1.807, 2.05) is 13.0 Å². The Morgan fingerprint density at radius 2 is 1.96 bits per heavy atom. The molecule has 0 radical (unpaired) electrons. The molecule has 2 fully saturated rings. The predicted molar refractivity (Wildman–Crippen MR) is 93.8 cm³/mol. The number of hydrogen-bond acceptors (Lipinski definition) is 4. The zero-order chi connectivity index (χ0) is 17.8. The van der Waals surface area contributed by atoms with Crippen LogP contribution in [0.3, 0.4) is 0 Å². The van der Waals surface area contributed by atoms with Crippen LogP contribution >= 0.6 is 11.6 Å². The standard InChI is InChI=1S/C18H23ClN2O4/c1-13-11-14(4-5-15(13)19)25-12-17(22)20-6-8-21(9-7-20)18(23)16-3-2-10-24-16/h4-5,11,16H,2-3,6-10,12H2,1H3/t16-/m0/s1. The molecule has 2 aliphatic rings. The molecule has 0 spiro atoms. The Morgan fingerprint density at radius 1 is 1.24 bits per heavy atom. The van der Waals surface area contributed by atoms with E-state index in [2.05, 4.69) is 0 Å². The second kappa shape index (κ2) is 8.06. The molecule has 25 heavy (non-hydrogen) atoms. The number of nitrogens with zero attached hydrogens (tertiary/aromatic N) is 2. The number of hydrogen-bond donors (Lipinski definition) is 0. The minimum Gasteiger partial charge on any atom is -0.484 e. The summed E-state index contributed by atoms with van der Waals surface area (Å²) in [6.45, 7) is 4.69. The molecule has 2 amide bonds. The maximum atomic E-state index is 12.3. The summed E-state index contributed by atoms with van der Waals surface area (Å²) in [7, 11) is 0. The van der Waals surface area contributed by atoms with E-state index < -0.39 is 0 Å². The molecule has 136 valence electrons. The van der Waals surface area contributed by atoms with Crippen molar-refractivity contribution in [2.45, 2.75) is 25.9 Å². The normalized spacial score (nSPS) is 20.6. The van der Waals surface area contributed by atoms with Crippen molar-refractivity contribution in [1.29, 1.82) is 0 Å². The largest absolute Gasteiger partial charge is 0.484 e. The van der Waals surface area contributed by atoms with Crippen LogP contribution in [0.25, 0.3) is 0 Å². The molecular formula is C18H23ClN2O4. The van der Waals surface area contributed by atoms with Gasteiger partial charge in [-0.25, -0.2) is 0 Å². The van der Waals surface area contributed by atoms with E-state index in [-0.39, 0.29) is 24.5 Å². The van der Waals surface area contributed by atoms with Crippen molar-refractivity contribution in [3.05, 3.63) is 28.8 Å². The molecule has 0 bridgehead atoms. The summed E-state index contributed by atoms with van der Waals surface area (Å²) in [5, 5.41) is 0.672. The Kier molecular flexibility index (Phi) is 5.81. The van der Waals surface area contributed by atoms with Crippen LogP contribution in [-0.4, -0.2) is 67.1 Å². The van der Waals surface area contributed by atoms with Gasteiger partial charge in [0, 0.05) is 37.8 Å². The van der Waals surface area contributed by atoms with E-state index in [4.69, 9.17) is 21.1 Å². The highest BCUT2D eigenvalue weighted by molar-refractivity contribution is 6.31. The number of carbonyl (C=O) groups is 2. The fraction of sp³-hybridized carbons (Fsp3) is 0.556. The van der Waals surface area contributed by atoms with Gasteiger partial charge in [0.1, 0.15) is 11.9 Å². The number of piperazine rings is 1. The highest BCUT2D eigenvalue weighted by Gasteiger charge is 2.31. The van der Waals surface area contributed by atoms with Gasteiger partial charge < -0.3 is 19.3 Å². The van der Waals surface area contributed by atoms with Crippen molar-refractivity contribution in [2.75, 3.05) is 39.4 Å². The van der Waals surface area contributed by atoms with Crippen LogP contribution in [0.4, 0.5) is 0 Å². The van der Waals surface area contributed by atoms with Crippen molar-refractivity contribution < 1.29 is 19.1 Å². The summed E-state index contributed by atoms with van der Waals surface area (Å²) in [6, 6.07) is 5.32. The Labute approximate surface area is 152 Å². The maximum absolute atomic E-state index is 12.3. The van der Waals surface area contributed by atoms with Crippen LogP contribution in [0.5, 0.6) is 5.75 Å². The molecule has 0 saturated carbocycles. The van der Waals surface area contributed by atoms with Gasteiger partial charge in [0.05, 0.1) is 0 Å². The number of ether oxygens (including phenoxy) is 2. The first-order valence-corrected chi connectivity index (χ1v) is 8.99. The molecule has 2 heterocycles. The number of carbonyl (C=O) groups excluding carboxylic acids is 2. The monoisotopic (exact) mass is 366 g/mol. The number of halogens is 1. The van der Waals surface area contributed by atoms with Gasteiger partial charge in [0.15, 0.2) is 6.61 Å². The summed E-state index contributed by atoms with van der Waals surface area (Å²) >= 11 is 5.98. The third-order valence-corrected chi connectivity index (χ3v) is 5.06. The zero-order valence-corrected chi connectivity index (χ0v) is 15.1. The Balaban J connectivity index is 1.44. The van der Waals surface area contributed by atoms with Crippen LogP contribution in [-0.2, 0) is 14.3 Å². The van der Waals surface area contributed by atoms with Crippen LogP contribution in [0, 0.1) is 6.92 Å². The number of amides is 2. The summed E-state index contributed by atoms with van der Waals surface area (Å²) < 4.78 is 11.0. The van der Waals surface area contributed by atoms with Gasteiger partial charge in [-0.3, -0.25) is 9.59 Å². The topological polar surface area (TPSA) is 59.1 Å². The molecule has 6 nitrogen and oxygen atoms in total. The summed E-state index contributed by atoms with van der Waals surface area (Å²) in [4.78, 5) is 28.1. The van der Waals surface area contributed by atoms with E-state index in [0.29, 0.717) is 43.6 Å². The van der Waals surface area contributed by atoms with Crippen molar-refractivity contribution in [3.63, 3.8) is 0 Å². The fourth-order valence-electron chi connectivity index (χ4n) is 3.10. The molecular weight excluding hydrogens is 344 g/mol. The lowest BCUT2D eigenvalue weighted by Crippen LogP contribution is -2.53. The van der Waals surface area contributed by atoms with E-state index in [9.17, 15) is 9.59 Å². The predicted octanol–water partition coefficient (Wildman–Crippen LogP) is 1.88. The molecule has 0 aromatic heterocycles. The average Bonchev–Trinajstić information content (AvgIpc) is 3.16. The summed E-state index contributed by atoms with van der Waals surface area (Å²) in [5.41, 5.74) is 0.910. The van der Waals surface area contributed by atoms with Crippen molar-refractivity contribution in [3.8, 4) is 5.75 Å². The second-order valence-electron chi connectivity index (χ2n) is 6.41. The first-order valence-electron chi connectivity index (χ1n) is 8.62. The number of aryl methyl sites for hydroxylation is 1. The first-order chi connectivity index (χ1) is 12.0. The van der Waals surface area contributed by atoms with Crippen LogP contribution in [0.2, 0.25) is 5.02 Å². The minimum absolute atomic E-state index is 0.0131. The molecule has 0 N–H and O–H groups in total. The summed E-state index contributed by atoms with van der Waals surface area (Å²) in [5.74, 6) is 0.608. The lowest BCUT2D eigenvalue weighted by molar-refractivity contribution is -0.146. The molecule has 3 rings (SSSR count). The van der Waals surface area contributed by atoms with Gasteiger partial charge in [0.25, 0.3) is 11.8 Å². The Morgan fingerprint density at radius 3 is 2.60 bits per heavy atom. The van der Waals surface area contributed by atoms with Gasteiger partial charge in [-0.1, -0.05) is 11.6 Å². The lowest BCUT2D eigenvalue weighted by atomic mass is 10.2. The van der Waals surface area contributed by atoms with E-state index in [1.165, 1.54) is 0 Å². The fourth-order valence-corrected chi connectivity index (χ4v) is 3.21. The van der Waals surface area contributed by atoms with Crippen molar-refractivity contribution in [2.24, 2.45) is 0 Å². The van der Waals surface area contributed by atoms with Gasteiger partial charge in [-0.05, 0) is 43.5 Å². The average molecular weight is 367 g/mol. The first kappa shape index (κ1) is 18.0. The van der Waals surface area contributed by atoms with E-state index in [1.54, 1.807) is 21.9 Å². The Bertz CT molecular complexity index is 638. The molecule has 0 unspecified atom stereocenters. The molecule has 1 aromatic rings. The highest BCUT2D eigenvalue weighted by atomic mass is 35.5. The third kappa shape index (κ3) is 4.44. The van der Waals surface area contributed by atoms with E-state index in [0.717, 1.165) is 18.4 Å². The molecule has 0 aliphatic carbocycles. The van der Waals surface area contributed by atoms with Gasteiger partial charge in [-0.15, -0.1) is 0 Å². The third-order valence-electron chi connectivity index (χ3n) is 4.64. The molecule has 1 aromatic carbocycles. The van der Waals surface area contributed by atoms with Crippen LogP contribution < -0.4 is 4.74 Å². The highest BCUT2D eigenvalue weighted by Crippen LogP contribution is 2.21. The van der Waals surface area contributed by atoms with E-state index >= 15 is 0 Å². The molecule has 7 heteroatoms.